The molecule has 0 saturated carbocycles. The first-order chi connectivity index (χ1) is 12.0. The molecule has 0 bridgehead atoms. The molecule has 1 saturated heterocycles. The molecule has 1 heterocycles. The number of urea groups is 1. The molecule has 0 aliphatic carbocycles. The van der Waals surface area contributed by atoms with E-state index in [0.29, 0.717) is 28.8 Å². The van der Waals surface area contributed by atoms with Crippen LogP contribution in [0.2, 0.25) is 15.1 Å². The van der Waals surface area contributed by atoms with Gasteiger partial charge in [0, 0.05) is 37.7 Å². The lowest BCUT2D eigenvalue weighted by Gasteiger charge is -2.34. The van der Waals surface area contributed by atoms with Crippen molar-refractivity contribution in [2.24, 2.45) is 0 Å². The van der Waals surface area contributed by atoms with Gasteiger partial charge in [0.2, 0.25) is 0 Å². The first-order valence-corrected chi connectivity index (χ1v) is 9.13. The number of carbonyl (C=O) groups excluding carboxylic acids is 1. The molecule has 25 heavy (non-hydrogen) atoms. The number of hydrogen-bond acceptors (Lipinski definition) is 2. The molecule has 0 unspecified atom stereocenters. The summed E-state index contributed by atoms with van der Waals surface area (Å²) in [4.78, 5) is 16.5. The summed E-state index contributed by atoms with van der Waals surface area (Å²) >= 11 is 18.0. The van der Waals surface area contributed by atoms with Crippen molar-refractivity contribution in [3.05, 3.63) is 63.1 Å². The third kappa shape index (κ3) is 4.79. The zero-order valence-electron chi connectivity index (χ0n) is 13.5. The molecular formula is C18H18Cl3N3O. The summed E-state index contributed by atoms with van der Waals surface area (Å²) in [5.74, 6) is 0. The van der Waals surface area contributed by atoms with Crippen LogP contribution < -0.4 is 5.32 Å². The Morgan fingerprint density at radius 3 is 2.32 bits per heavy atom. The van der Waals surface area contributed by atoms with Crippen LogP contribution in [-0.4, -0.2) is 42.0 Å². The molecule has 0 aromatic heterocycles. The largest absolute Gasteiger partial charge is 0.322 e. The van der Waals surface area contributed by atoms with E-state index in [4.69, 9.17) is 34.8 Å². The number of nitrogens with one attached hydrogen (secondary N) is 1. The van der Waals surface area contributed by atoms with Gasteiger partial charge in [-0.25, -0.2) is 4.79 Å². The third-order valence-electron chi connectivity index (χ3n) is 4.17. The van der Waals surface area contributed by atoms with Crippen molar-refractivity contribution in [1.82, 2.24) is 9.80 Å². The number of benzene rings is 2. The summed E-state index contributed by atoms with van der Waals surface area (Å²) in [6, 6.07) is 12.9. The molecule has 0 radical (unpaired) electrons. The number of hydrogen-bond donors (Lipinski definition) is 1. The first-order valence-electron chi connectivity index (χ1n) is 7.99. The highest BCUT2D eigenvalue weighted by Crippen LogP contribution is 2.29. The van der Waals surface area contributed by atoms with Gasteiger partial charge in [0.05, 0.1) is 15.7 Å². The molecular weight excluding hydrogens is 381 g/mol. The summed E-state index contributed by atoms with van der Waals surface area (Å²) in [5.41, 5.74) is 1.75. The van der Waals surface area contributed by atoms with Crippen LogP contribution in [-0.2, 0) is 6.54 Å². The molecule has 2 aromatic carbocycles. The van der Waals surface area contributed by atoms with Crippen molar-refractivity contribution in [1.29, 1.82) is 0 Å². The van der Waals surface area contributed by atoms with Crippen molar-refractivity contribution >= 4 is 46.5 Å². The molecule has 4 nitrogen and oxygen atoms in total. The van der Waals surface area contributed by atoms with Crippen LogP contribution in [0, 0.1) is 0 Å². The summed E-state index contributed by atoms with van der Waals surface area (Å²) in [6.07, 6.45) is 0. The number of rotatable bonds is 3. The number of halogens is 3. The van der Waals surface area contributed by atoms with Crippen LogP contribution in [0.5, 0.6) is 0 Å². The van der Waals surface area contributed by atoms with Gasteiger partial charge in [-0.1, -0.05) is 53.0 Å². The van der Waals surface area contributed by atoms with Crippen LogP contribution in [0.3, 0.4) is 0 Å². The Labute approximate surface area is 162 Å². The Morgan fingerprint density at radius 2 is 1.64 bits per heavy atom. The van der Waals surface area contributed by atoms with Gasteiger partial charge in [0.25, 0.3) is 0 Å². The van der Waals surface area contributed by atoms with Gasteiger partial charge in [-0.05, 0) is 29.8 Å². The van der Waals surface area contributed by atoms with E-state index >= 15 is 0 Å². The van der Waals surface area contributed by atoms with Crippen molar-refractivity contribution in [2.45, 2.75) is 6.54 Å². The van der Waals surface area contributed by atoms with E-state index in [1.807, 2.05) is 24.3 Å². The van der Waals surface area contributed by atoms with Crippen LogP contribution in [0.4, 0.5) is 10.5 Å². The van der Waals surface area contributed by atoms with E-state index in [9.17, 15) is 4.79 Å². The fourth-order valence-corrected chi connectivity index (χ4v) is 3.23. The molecule has 3 rings (SSSR count). The number of piperazine rings is 1. The summed E-state index contributed by atoms with van der Waals surface area (Å²) < 4.78 is 0. The summed E-state index contributed by atoms with van der Waals surface area (Å²) in [6.45, 7) is 3.82. The van der Waals surface area contributed by atoms with Gasteiger partial charge >= 0.3 is 6.03 Å². The van der Waals surface area contributed by atoms with E-state index in [2.05, 4.69) is 10.2 Å². The monoisotopic (exact) mass is 397 g/mol. The van der Waals surface area contributed by atoms with Gasteiger partial charge < -0.3 is 10.2 Å². The Morgan fingerprint density at radius 1 is 0.960 bits per heavy atom. The highest BCUT2D eigenvalue weighted by atomic mass is 35.5. The first kappa shape index (κ1) is 18.3. The highest BCUT2D eigenvalue weighted by molar-refractivity contribution is 6.43. The molecule has 1 aliphatic heterocycles. The fraction of sp³-hybridized carbons (Fsp3) is 0.278. The van der Waals surface area contributed by atoms with E-state index in [1.165, 1.54) is 5.56 Å². The predicted molar refractivity (Wildman–Crippen MR) is 104 cm³/mol. The maximum atomic E-state index is 12.4. The predicted octanol–water partition coefficient (Wildman–Crippen LogP) is 5.00. The minimum atomic E-state index is -0.157. The minimum absolute atomic E-state index is 0.157. The lowest BCUT2D eigenvalue weighted by molar-refractivity contribution is 0.143. The lowest BCUT2D eigenvalue weighted by Crippen LogP contribution is -2.49. The van der Waals surface area contributed by atoms with Crippen molar-refractivity contribution in [2.75, 3.05) is 31.5 Å². The zero-order valence-corrected chi connectivity index (χ0v) is 15.8. The van der Waals surface area contributed by atoms with Gasteiger partial charge in [-0.2, -0.15) is 0 Å². The SMILES string of the molecule is O=C(Nc1cccc(Cl)c1Cl)N1CCN(Cc2ccc(Cl)cc2)CC1. The van der Waals surface area contributed by atoms with Gasteiger partial charge in [-0.3, -0.25) is 4.90 Å². The van der Waals surface area contributed by atoms with E-state index in [-0.39, 0.29) is 6.03 Å². The molecule has 2 amide bonds. The molecule has 1 fully saturated rings. The number of amides is 2. The fourth-order valence-electron chi connectivity index (χ4n) is 2.75. The van der Waals surface area contributed by atoms with Gasteiger partial charge in [0.15, 0.2) is 0 Å². The Kier molecular flexibility index (Phi) is 6.07. The van der Waals surface area contributed by atoms with E-state index < -0.39 is 0 Å². The zero-order chi connectivity index (χ0) is 17.8. The smallest absolute Gasteiger partial charge is 0.321 e. The maximum absolute atomic E-state index is 12.4. The Balaban J connectivity index is 1.52. The maximum Gasteiger partial charge on any atom is 0.321 e. The average molecular weight is 399 g/mol. The standard InChI is InChI=1S/C18H18Cl3N3O/c19-14-6-4-13(5-7-14)12-23-8-10-24(11-9-23)18(25)22-16-3-1-2-15(20)17(16)21/h1-7H,8-12H2,(H,22,25). The molecule has 0 atom stereocenters. The third-order valence-corrected chi connectivity index (χ3v) is 5.24. The van der Waals surface area contributed by atoms with Crippen LogP contribution in [0.25, 0.3) is 0 Å². The molecule has 1 aliphatic rings. The topological polar surface area (TPSA) is 35.6 Å². The minimum Gasteiger partial charge on any atom is -0.322 e. The molecule has 0 spiro atoms. The second-order valence-corrected chi connectivity index (χ2v) is 7.14. The summed E-state index contributed by atoms with van der Waals surface area (Å²) in [5, 5.41) is 4.35. The van der Waals surface area contributed by atoms with Crippen LogP contribution >= 0.6 is 34.8 Å². The van der Waals surface area contributed by atoms with E-state index in [1.54, 1.807) is 23.1 Å². The Hall–Kier alpha value is -1.46. The molecule has 132 valence electrons. The van der Waals surface area contributed by atoms with Crippen LogP contribution in [0.15, 0.2) is 42.5 Å². The molecule has 2 aromatic rings. The average Bonchev–Trinajstić information content (AvgIpc) is 2.61. The molecule has 1 N–H and O–H groups in total. The number of nitrogens with zero attached hydrogens (tertiary/aromatic N) is 2. The lowest BCUT2D eigenvalue weighted by atomic mass is 10.2. The van der Waals surface area contributed by atoms with Crippen LogP contribution in [0.1, 0.15) is 5.56 Å². The quantitative estimate of drug-likeness (QED) is 0.790. The summed E-state index contributed by atoms with van der Waals surface area (Å²) in [7, 11) is 0. The second-order valence-electron chi connectivity index (χ2n) is 5.92. The van der Waals surface area contributed by atoms with Gasteiger partial charge in [-0.15, -0.1) is 0 Å². The molecule has 7 heteroatoms. The second kappa shape index (κ2) is 8.28. The van der Waals surface area contributed by atoms with Crippen molar-refractivity contribution < 1.29 is 4.79 Å². The highest BCUT2D eigenvalue weighted by Gasteiger charge is 2.21. The Bertz CT molecular complexity index is 744. The van der Waals surface area contributed by atoms with Crippen molar-refractivity contribution in [3.8, 4) is 0 Å². The normalized spacial score (nSPS) is 15.2. The number of carbonyl (C=O) groups is 1. The van der Waals surface area contributed by atoms with Crippen molar-refractivity contribution in [3.63, 3.8) is 0 Å². The van der Waals surface area contributed by atoms with Gasteiger partial charge in [0.1, 0.15) is 0 Å². The number of anilines is 1. The van der Waals surface area contributed by atoms with E-state index in [0.717, 1.165) is 24.7 Å².